The lowest BCUT2D eigenvalue weighted by Gasteiger charge is -2.31. The molecule has 4 heteroatoms. The van der Waals surface area contributed by atoms with Crippen LogP contribution in [0.5, 0.6) is 0 Å². The molecule has 2 aromatic rings. The lowest BCUT2D eigenvalue weighted by molar-refractivity contribution is -0.00209. The Kier molecular flexibility index (Phi) is 2.83. The molecule has 1 aliphatic rings. The van der Waals surface area contributed by atoms with Crippen molar-refractivity contribution < 1.29 is 5.11 Å². The summed E-state index contributed by atoms with van der Waals surface area (Å²) in [6, 6.07) is 3.73. The van der Waals surface area contributed by atoms with E-state index in [1.807, 2.05) is 19.1 Å². The minimum absolute atomic E-state index is 0.308. The van der Waals surface area contributed by atoms with E-state index in [1.54, 1.807) is 6.20 Å². The van der Waals surface area contributed by atoms with Crippen LogP contribution in [0, 0.1) is 5.92 Å². The van der Waals surface area contributed by atoms with Crippen LogP contribution in [0.25, 0.3) is 10.9 Å². The Labute approximate surface area is 111 Å². The summed E-state index contributed by atoms with van der Waals surface area (Å²) >= 11 is 6.14. The van der Waals surface area contributed by atoms with Crippen LogP contribution in [-0.2, 0) is 5.60 Å². The highest BCUT2D eigenvalue weighted by molar-refractivity contribution is 6.31. The number of aromatic amines is 1. The van der Waals surface area contributed by atoms with Gasteiger partial charge in [-0.25, -0.2) is 0 Å². The monoisotopic (exact) mass is 264 g/mol. The topological polar surface area (TPSA) is 48.9 Å². The van der Waals surface area contributed by atoms with E-state index in [-0.39, 0.29) is 0 Å². The van der Waals surface area contributed by atoms with Crippen LogP contribution in [0.15, 0.2) is 18.3 Å². The van der Waals surface area contributed by atoms with Gasteiger partial charge < -0.3 is 5.11 Å². The number of benzene rings is 1. The Morgan fingerprint density at radius 1 is 1.39 bits per heavy atom. The Hall–Kier alpha value is -1.06. The van der Waals surface area contributed by atoms with Crippen LogP contribution >= 0.6 is 11.6 Å². The average Bonchev–Trinajstić information content (AvgIpc) is 2.98. The highest BCUT2D eigenvalue weighted by Gasteiger charge is 2.37. The molecule has 18 heavy (non-hydrogen) atoms. The number of fused-ring (bicyclic) bond motifs is 1. The average molecular weight is 265 g/mol. The summed E-state index contributed by atoms with van der Waals surface area (Å²) in [4.78, 5) is 0. The van der Waals surface area contributed by atoms with Gasteiger partial charge in [0.1, 0.15) is 0 Å². The SMILES string of the molecule is CC(O)(c1cc(Cl)cc2cn[nH]c12)C1CCCC1. The van der Waals surface area contributed by atoms with Crippen molar-refractivity contribution in [2.45, 2.75) is 38.2 Å². The highest BCUT2D eigenvalue weighted by atomic mass is 35.5. The summed E-state index contributed by atoms with van der Waals surface area (Å²) in [5.41, 5.74) is 0.928. The molecule has 1 heterocycles. The number of rotatable bonds is 2. The van der Waals surface area contributed by atoms with E-state index < -0.39 is 5.60 Å². The first kappa shape index (κ1) is 12.0. The summed E-state index contributed by atoms with van der Waals surface area (Å²) in [5, 5.41) is 19.5. The molecule has 1 unspecified atom stereocenters. The van der Waals surface area contributed by atoms with E-state index in [0.717, 1.165) is 29.3 Å². The third-order valence-electron chi connectivity index (χ3n) is 4.21. The van der Waals surface area contributed by atoms with Gasteiger partial charge in [-0.3, -0.25) is 5.10 Å². The van der Waals surface area contributed by atoms with E-state index >= 15 is 0 Å². The van der Waals surface area contributed by atoms with Crippen molar-refractivity contribution in [3.63, 3.8) is 0 Å². The molecule has 1 fully saturated rings. The van der Waals surface area contributed by atoms with E-state index in [9.17, 15) is 5.11 Å². The quantitative estimate of drug-likeness (QED) is 0.870. The fourth-order valence-electron chi connectivity index (χ4n) is 3.13. The van der Waals surface area contributed by atoms with Crippen LogP contribution < -0.4 is 0 Å². The number of aliphatic hydroxyl groups is 1. The summed E-state index contributed by atoms with van der Waals surface area (Å²) in [7, 11) is 0. The molecule has 96 valence electrons. The van der Waals surface area contributed by atoms with E-state index in [4.69, 9.17) is 11.6 Å². The normalized spacial score (nSPS) is 20.4. The van der Waals surface area contributed by atoms with Crippen LogP contribution in [0.1, 0.15) is 38.2 Å². The Balaban J connectivity index is 2.14. The number of hydrogen-bond donors (Lipinski definition) is 2. The molecule has 1 atom stereocenters. The number of H-pyrrole nitrogens is 1. The third-order valence-corrected chi connectivity index (χ3v) is 4.43. The standard InChI is InChI=1S/C14H17ClN2O/c1-14(18,10-4-2-3-5-10)12-7-11(15)6-9-8-16-17-13(9)12/h6-8,10,18H,2-5H2,1H3,(H,16,17). The molecule has 1 aromatic heterocycles. The molecule has 2 N–H and O–H groups in total. The van der Waals surface area contributed by atoms with Crippen LogP contribution in [0.2, 0.25) is 5.02 Å². The maximum absolute atomic E-state index is 10.9. The third kappa shape index (κ3) is 1.82. The van der Waals surface area contributed by atoms with Crippen LogP contribution in [0.3, 0.4) is 0 Å². The van der Waals surface area contributed by atoms with Gasteiger partial charge >= 0.3 is 0 Å². The van der Waals surface area contributed by atoms with Crippen LogP contribution in [0.4, 0.5) is 0 Å². The predicted molar refractivity (Wildman–Crippen MR) is 72.6 cm³/mol. The molecular weight excluding hydrogens is 248 g/mol. The second-order valence-corrected chi connectivity index (χ2v) is 5.85. The summed E-state index contributed by atoms with van der Waals surface area (Å²) in [5.74, 6) is 0.308. The molecule has 0 bridgehead atoms. The van der Waals surface area contributed by atoms with Gasteiger partial charge in [0.15, 0.2) is 0 Å². The van der Waals surface area contributed by atoms with Gasteiger partial charge in [0, 0.05) is 16.0 Å². The molecule has 1 aliphatic carbocycles. The molecule has 0 spiro atoms. The summed E-state index contributed by atoms with van der Waals surface area (Å²) < 4.78 is 0. The van der Waals surface area contributed by atoms with Crippen molar-refractivity contribution in [2.75, 3.05) is 0 Å². The highest BCUT2D eigenvalue weighted by Crippen LogP contribution is 2.42. The molecule has 3 rings (SSSR count). The zero-order valence-electron chi connectivity index (χ0n) is 10.4. The van der Waals surface area contributed by atoms with Crippen molar-refractivity contribution in [3.05, 3.63) is 28.9 Å². The largest absolute Gasteiger partial charge is 0.385 e. The van der Waals surface area contributed by atoms with Crippen LogP contribution in [-0.4, -0.2) is 15.3 Å². The maximum atomic E-state index is 10.9. The molecule has 1 saturated carbocycles. The first-order valence-corrected chi connectivity index (χ1v) is 6.82. The van der Waals surface area contributed by atoms with Gasteiger partial charge in [-0.15, -0.1) is 0 Å². The van der Waals surface area contributed by atoms with E-state index in [2.05, 4.69) is 10.2 Å². The molecular formula is C14H17ClN2O. The number of aromatic nitrogens is 2. The number of nitrogens with one attached hydrogen (secondary N) is 1. The first-order valence-electron chi connectivity index (χ1n) is 6.44. The van der Waals surface area contributed by atoms with Crippen molar-refractivity contribution >= 4 is 22.5 Å². The summed E-state index contributed by atoms with van der Waals surface area (Å²) in [6.45, 7) is 1.90. The molecule has 0 amide bonds. The zero-order valence-corrected chi connectivity index (χ0v) is 11.2. The molecule has 0 radical (unpaired) electrons. The van der Waals surface area contributed by atoms with Crippen molar-refractivity contribution in [2.24, 2.45) is 5.92 Å². The molecule has 0 saturated heterocycles. The number of nitrogens with zero attached hydrogens (tertiary/aromatic N) is 1. The Morgan fingerprint density at radius 3 is 2.83 bits per heavy atom. The smallest absolute Gasteiger partial charge is 0.0917 e. The lowest BCUT2D eigenvalue weighted by atomic mass is 9.81. The Bertz CT molecular complexity index is 570. The second-order valence-electron chi connectivity index (χ2n) is 5.42. The summed E-state index contributed by atoms with van der Waals surface area (Å²) in [6.07, 6.45) is 6.31. The van der Waals surface area contributed by atoms with Gasteiger partial charge in [-0.05, 0) is 37.8 Å². The van der Waals surface area contributed by atoms with Gasteiger partial charge in [-0.1, -0.05) is 24.4 Å². The minimum atomic E-state index is -0.841. The lowest BCUT2D eigenvalue weighted by Crippen LogP contribution is -2.30. The van der Waals surface area contributed by atoms with Crippen molar-refractivity contribution in [1.82, 2.24) is 10.2 Å². The number of halogens is 1. The van der Waals surface area contributed by atoms with Gasteiger partial charge in [-0.2, -0.15) is 5.10 Å². The van der Waals surface area contributed by atoms with Crippen molar-refractivity contribution in [1.29, 1.82) is 0 Å². The van der Waals surface area contributed by atoms with Crippen molar-refractivity contribution in [3.8, 4) is 0 Å². The molecule has 1 aromatic carbocycles. The number of hydrogen-bond acceptors (Lipinski definition) is 2. The predicted octanol–water partition coefficient (Wildman–Crippen LogP) is 3.61. The second kappa shape index (κ2) is 4.25. The van der Waals surface area contributed by atoms with Gasteiger partial charge in [0.05, 0.1) is 17.3 Å². The fourth-order valence-corrected chi connectivity index (χ4v) is 3.35. The van der Waals surface area contributed by atoms with E-state index in [1.165, 1.54) is 12.8 Å². The molecule has 0 aliphatic heterocycles. The molecule has 3 nitrogen and oxygen atoms in total. The minimum Gasteiger partial charge on any atom is -0.385 e. The first-order chi connectivity index (χ1) is 8.59. The zero-order chi connectivity index (χ0) is 12.8. The maximum Gasteiger partial charge on any atom is 0.0917 e. The Morgan fingerprint density at radius 2 is 2.11 bits per heavy atom. The van der Waals surface area contributed by atoms with Gasteiger partial charge in [0.2, 0.25) is 0 Å². The van der Waals surface area contributed by atoms with Gasteiger partial charge in [0.25, 0.3) is 0 Å². The van der Waals surface area contributed by atoms with E-state index in [0.29, 0.717) is 10.9 Å². The fraction of sp³-hybridized carbons (Fsp3) is 0.500.